The van der Waals surface area contributed by atoms with E-state index in [0.717, 1.165) is 5.56 Å². The highest BCUT2D eigenvalue weighted by Gasteiger charge is 2.24. The fourth-order valence-electron chi connectivity index (χ4n) is 3.32. The van der Waals surface area contributed by atoms with Crippen molar-refractivity contribution in [3.8, 4) is 0 Å². The number of sulfonamides is 1. The molecular weight excluding hydrogens is 396 g/mol. The second-order valence-corrected chi connectivity index (χ2v) is 8.89. The molecule has 0 aliphatic carbocycles. The smallest absolute Gasteiger partial charge is 0.264 e. The normalized spacial score (nSPS) is 12.2. The minimum Gasteiger partial charge on any atom is -0.335 e. The molecule has 0 bridgehead atoms. The Morgan fingerprint density at radius 3 is 1.93 bits per heavy atom. The van der Waals surface area contributed by atoms with Crippen molar-refractivity contribution in [2.45, 2.75) is 24.8 Å². The molecule has 3 aromatic rings. The average molecular weight is 423 g/mol. The molecule has 0 saturated heterocycles. The van der Waals surface area contributed by atoms with E-state index in [9.17, 15) is 13.2 Å². The van der Waals surface area contributed by atoms with Gasteiger partial charge < -0.3 is 4.90 Å². The van der Waals surface area contributed by atoms with Gasteiger partial charge in [0.05, 0.1) is 16.6 Å². The molecule has 0 N–H and O–H groups in total. The molecule has 0 radical (unpaired) electrons. The fourth-order valence-corrected chi connectivity index (χ4v) is 4.79. The van der Waals surface area contributed by atoms with Crippen LogP contribution in [0.5, 0.6) is 0 Å². The van der Waals surface area contributed by atoms with Gasteiger partial charge in [0.15, 0.2) is 0 Å². The fraction of sp³-hybridized carbons (Fsp3) is 0.208. The molecule has 3 rings (SSSR count). The first-order valence-electron chi connectivity index (χ1n) is 9.86. The summed E-state index contributed by atoms with van der Waals surface area (Å²) < 4.78 is 27.6. The van der Waals surface area contributed by atoms with Crippen LogP contribution in [0.4, 0.5) is 5.69 Å². The number of amides is 1. The van der Waals surface area contributed by atoms with Crippen molar-refractivity contribution in [3.05, 3.63) is 96.1 Å². The number of hydrogen-bond acceptors (Lipinski definition) is 3. The SMILES string of the molecule is CCN(c1ccccc1)S(=O)(=O)c1ccc(C(=O)N(C)C(C)c2ccccc2)cc1. The van der Waals surface area contributed by atoms with E-state index in [-0.39, 0.29) is 16.8 Å². The largest absolute Gasteiger partial charge is 0.335 e. The van der Waals surface area contributed by atoms with E-state index in [1.54, 1.807) is 55.3 Å². The van der Waals surface area contributed by atoms with Gasteiger partial charge in [-0.1, -0.05) is 48.5 Å². The summed E-state index contributed by atoms with van der Waals surface area (Å²) in [6.07, 6.45) is 0. The Labute approximate surface area is 178 Å². The van der Waals surface area contributed by atoms with Crippen LogP contribution in [0.1, 0.15) is 35.8 Å². The molecule has 6 heteroatoms. The van der Waals surface area contributed by atoms with Gasteiger partial charge in [0.2, 0.25) is 0 Å². The zero-order chi connectivity index (χ0) is 21.7. The van der Waals surface area contributed by atoms with Crippen LogP contribution < -0.4 is 4.31 Å². The van der Waals surface area contributed by atoms with Gasteiger partial charge in [-0.15, -0.1) is 0 Å². The maximum absolute atomic E-state index is 13.1. The van der Waals surface area contributed by atoms with E-state index in [1.165, 1.54) is 16.4 Å². The van der Waals surface area contributed by atoms with Gasteiger partial charge in [0.25, 0.3) is 15.9 Å². The lowest BCUT2D eigenvalue weighted by molar-refractivity contribution is 0.0742. The predicted molar refractivity (Wildman–Crippen MR) is 120 cm³/mol. The second kappa shape index (κ2) is 9.13. The number of rotatable bonds is 7. The molecule has 0 aliphatic heterocycles. The van der Waals surface area contributed by atoms with Crippen LogP contribution in [0.15, 0.2) is 89.8 Å². The molecule has 0 aliphatic rings. The van der Waals surface area contributed by atoms with Crippen molar-refractivity contribution < 1.29 is 13.2 Å². The number of nitrogens with zero attached hydrogens (tertiary/aromatic N) is 2. The van der Waals surface area contributed by atoms with Crippen molar-refractivity contribution >= 4 is 21.6 Å². The third kappa shape index (κ3) is 4.39. The summed E-state index contributed by atoms with van der Waals surface area (Å²) in [6.45, 7) is 4.07. The van der Waals surface area contributed by atoms with Gasteiger partial charge in [-0.25, -0.2) is 8.42 Å². The summed E-state index contributed by atoms with van der Waals surface area (Å²) in [5.74, 6) is -0.161. The number of carbonyl (C=O) groups excluding carboxylic acids is 1. The second-order valence-electron chi connectivity index (χ2n) is 7.03. The molecule has 3 aromatic carbocycles. The highest BCUT2D eigenvalue weighted by atomic mass is 32.2. The molecule has 0 heterocycles. The summed E-state index contributed by atoms with van der Waals surface area (Å²) in [4.78, 5) is 14.7. The first-order valence-corrected chi connectivity index (χ1v) is 11.3. The lowest BCUT2D eigenvalue weighted by Crippen LogP contribution is -2.31. The number of benzene rings is 3. The van der Waals surface area contributed by atoms with Crippen molar-refractivity contribution in [3.63, 3.8) is 0 Å². The van der Waals surface area contributed by atoms with Crippen LogP contribution >= 0.6 is 0 Å². The number of anilines is 1. The van der Waals surface area contributed by atoms with Crippen LogP contribution in [0.2, 0.25) is 0 Å². The zero-order valence-electron chi connectivity index (χ0n) is 17.4. The molecular formula is C24H26N2O3S. The lowest BCUT2D eigenvalue weighted by atomic mass is 10.1. The maximum Gasteiger partial charge on any atom is 0.264 e. The molecule has 156 valence electrons. The third-order valence-corrected chi connectivity index (χ3v) is 7.12. The lowest BCUT2D eigenvalue weighted by Gasteiger charge is -2.26. The summed E-state index contributed by atoms with van der Waals surface area (Å²) in [5.41, 5.74) is 2.09. The topological polar surface area (TPSA) is 57.7 Å². The summed E-state index contributed by atoms with van der Waals surface area (Å²) >= 11 is 0. The molecule has 0 saturated carbocycles. The van der Waals surface area contributed by atoms with Gasteiger partial charge in [-0.2, -0.15) is 0 Å². The first kappa shape index (κ1) is 21.6. The highest BCUT2D eigenvalue weighted by molar-refractivity contribution is 7.92. The quantitative estimate of drug-likeness (QED) is 0.553. The summed E-state index contributed by atoms with van der Waals surface area (Å²) in [7, 11) is -1.97. The Morgan fingerprint density at radius 2 is 1.40 bits per heavy atom. The monoisotopic (exact) mass is 422 g/mol. The number of carbonyl (C=O) groups is 1. The number of para-hydroxylation sites is 1. The van der Waals surface area contributed by atoms with Gasteiger partial charge in [0.1, 0.15) is 0 Å². The van der Waals surface area contributed by atoms with E-state index in [2.05, 4.69) is 0 Å². The van der Waals surface area contributed by atoms with E-state index < -0.39 is 10.0 Å². The Morgan fingerprint density at radius 1 is 0.867 bits per heavy atom. The molecule has 5 nitrogen and oxygen atoms in total. The van der Waals surface area contributed by atoms with E-state index >= 15 is 0 Å². The third-order valence-electron chi connectivity index (χ3n) is 5.20. The Balaban J connectivity index is 1.82. The molecule has 1 amide bonds. The highest BCUT2D eigenvalue weighted by Crippen LogP contribution is 2.25. The van der Waals surface area contributed by atoms with Crippen LogP contribution in [0.3, 0.4) is 0 Å². The van der Waals surface area contributed by atoms with Gasteiger partial charge in [-0.05, 0) is 55.8 Å². The zero-order valence-corrected chi connectivity index (χ0v) is 18.2. The molecule has 0 spiro atoms. The molecule has 1 atom stereocenters. The van der Waals surface area contributed by atoms with Gasteiger partial charge >= 0.3 is 0 Å². The van der Waals surface area contributed by atoms with E-state index in [0.29, 0.717) is 17.8 Å². The Hall–Kier alpha value is -3.12. The predicted octanol–water partition coefficient (Wildman–Crippen LogP) is 4.74. The minimum atomic E-state index is -3.72. The Kier molecular flexibility index (Phi) is 6.57. The summed E-state index contributed by atoms with van der Waals surface area (Å²) in [5, 5.41) is 0. The van der Waals surface area contributed by atoms with Crippen LogP contribution in [-0.2, 0) is 10.0 Å². The molecule has 0 fully saturated rings. The maximum atomic E-state index is 13.1. The van der Waals surface area contributed by atoms with Crippen LogP contribution in [-0.4, -0.2) is 32.8 Å². The van der Waals surface area contributed by atoms with Crippen molar-refractivity contribution in [1.82, 2.24) is 4.90 Å². The van der Waals surface area contributed by atoms with Gasteiger partial charge in [-0.3, -0.25) is 9.10 Å². The average Bonchev–Trinajstić information content (AvgIpc) is 2.79. The molecule has 0 aromatic heterocycles. The minimum absolute atomic E-state index is 0.101. The van der Waals surface area contributed by atoms with E-state index in [1.807, 2.05) is 43.3 Å². The van der Waals surface area contributed by atoms with Crippen LogP contribution in [0, 0.1) is 0 Å². The van der Waals surface area contributed by atoms with Gasteiger partial charge in [0, 0.05) is 19.2 Å². The Bertz CT molecular complexity index is 1080. The van der Waals surface area contributed by atoms with Crippen molar-refractivity contribution in [2.24, 2.45) is 0 Å². The van der Waals surface area contributed by atoms with Crippen molar-refractivity contribution in [2.75, 3.05) is 17.9 Å². The van der Waals surface area contributed by atoms with Crippen LogP contribution in [0.25, 0.3) is 0 Å². The summed E-state index contributed by atoms with van der Waals surface area (Å²) in [6, 6.07) is 24.8. The number of hydrogen-bond donors (Lipinski definition) is 0. The van der Waals surface area contributed by atoms with Crippen molar-refractivity contribution in [1.29, 1.82) is 0 Å². The first-order chi connectivity index (χ1) is 14.4. The van der Waals surface area contributed by atoms with E-state index in [4.69, 9.17) is 0 Å². The standard InChI is InChI=1S/C24H26N2O3S/c1-4-26(22-13-9-6-10-14-22)30(28,29)23-17-15-21(16-18-23)24(27)25(3)19(2)20-11-7-5-8-12-20/h5-19H,4H2,1-3H3. The molecule has 1 unspecified atom stereocenters. The molecule has 30 heavy (non-hydrogen) atoms.